The molecule has 29 heavy (non-hydrogen) atoms. The summed E-state index contributed by atoms with van der Waals surface area (Å²) in [7, 11) is 4.01. The van der Waals surface area contributed by atoms with Crippen LogP contribution in [0, 0.1) is 11.6 Å². The van der Waals surface area contributed by atoms with Gasteiger partial charge in [0.25, 0.3) is 0 Å². The van der Waals surface area contributed by atoms with Crippen LogP contribution in [0.2, 0.25) is 5.02 Å². The number of rotatable bonds is 7. The fraction of sp³-hybridized carbons (Fsp3) is 0.333. The zero-order valence-electron chi connectivity index (χ0n) is 16.3. The molecular formula is C21H23ClF2N4O. The van der Waals surface area contributed by atoms with E-state index >= 15 is 0 Å². The molecule has 1 heterocycles. The van der Waals surface area contributed by atoms with Gasteiger partial charge in [-0.05, 0) is 62.5 Å². The highest BCUT2D eigenvalue weighted by molar-refractivity contribution is 6.30. The van der Waals surface area contributed by atoms with Crippen LogP contribution in [0.1, 0.15) is 23.1 Å². The minimum Gasteiger partial charge on any atom is -0.411 e. The molecule has 1 aliphatic rings. The van der Waals surface area contributed by atoms with Gasteiger partial charge in [-0.3, -0.25) is 4.99 Å². The molecule has 0 amide bonds. The van der Waals surface area contributed by atoms with E-state index in [2.05, 4.69) is 20.4 Å². The number of hydrogen-bond acceptors (Lipinski definition) is 4. The van der Waals surface area contributed by atoms with E-state index in [9.17, 15) is 14.0 Å². The number of anilines is 1. The van der Waals surface area contributed by atoms with Crippen LogP contribution >= 0.6 is 11.6 Å². The van der Waals surface area contributed by atoms with Crippen molar-refractivity contribution in [3.05, 3.63) is 63.7 Å². The van der Waals surface area contributed by atoms with Gasteiger partial charge in [-0.25, -0.2) is 8.78 Å². The minimum absolute atomic E-state index is 0.00191. The molecule has 0 unspecified atom stereocenters. The van der Waals surface area contributed by atoms with Crippen molar-refractivity contribution in [2.45, 2.75) is 19.3 Å². The number of amidine groups is 1. The van der Waals surface area contributed by atoms with Crippen molar-refractivity contribution in [1.29, 1.82) is 0 Å². The van der Waals surface area contributed by atoms with Crippen molar-refractivity contribution in [1.82, 2.24) is 4.90 Å². The van der Waals surface area contributed by atoms with Crippen LogP contribution in [-0.2, 0) is 12.8 Å². The van der Waals surface area contributed by atoms with Crippen LogP contribution in [0.3, 0.4) is 0 Å². The maximum atomic E-state index is 14.3. The van der Waals surface area contributed by atoms with E-state index in [4.69, 9.17) is 11.6 Å². The second kappa shape index (κ2) is 9.33. The van der Waals surface area contributed by atoms with Gasteiger partial charge < -0.3 is 15.4 Å². The second-order valence-corrected chi connectivity index (χ2v) is 7.61. The molecule has 0 saturated carbocycles. The van der Waals surface area contributed by atoms with Crippen LogP contribution in [0.15, 0.2) is 40.5 Å². The zero-order valence-corrected chi connectivity index (χ0v) is 17.1. The first-order valence-electron chi connectivity index (χ1n) is 9.30. The predicted molar refractivity (Wildman–Crippen MR) is 113 cm³/mol. The lowest BCUT2D eigenvalue weighted by Crippen LogP contribution is -2.15. The Morgan fingerprint density at radius 1 is 1.21 bits per heavy atom. The van der Waals surface area contributed by atoms with Gasteiger partial charge in [0.2, 0.25) is 0 Å². The lowest BCUT2D eigenvalue weighted by molar-refractivity contribution is 0.318. The van der Waals surface area contributed by atoms with Gasteiger partial charge in [-0.15, -0.1) is 0 Å². The summed E-state index contributed by atoms with van der Waals surface area (Å²) >= 11 is 5.84. The number of hydrogen-bond donors (Lipinski definition) is 2. The van der Waals surface area contributed by atoms with Gasteiger partial charge in [0.05, 0.1) is 16.4 Å². The summed E-state index contributed by atoms with van der Waals surface area (Å²) in [6.07, 6.45) is 1.55. The van der Waals surface area contributed by atoms with E-state index in [0.717, 1.165) is 13.0 Å². The highest BCUT2D eigenvalue weighted by Gasteiger charge is 2.25. The van der Waals surface area contributed by atoms with Crippen LogP contribution in [0.5, 0.6) is 0 Å². The van der Waals surface area contributed by atoms with Crippen molar-refractivity contribution < 1.29 is 14.0 Å². The molecule has 154 valence electrons. The molecule has 0 bridgehead atoms. The Morgan fingerprint density at radius 2 is 1.97 bits per heavy atom. The van der Waals surface area contributed by atoms with Gasteiger partial charge in [0, 0.05) is 24.9 Å². The van der Waals surface area contributed by atoms with Crippen LogP contribution in [0.25, 0.3) is 0 Å². The molecule has 2 aromatic carbocycles. The third-order valence-electron chi connectivity index (χ3n) is 4.73. The van der Waals surface area contributed by atoms with Crippen molar-refractivity contribution in [3.63, 3.8) is 0 Å². The van der Waals surface area contributed by atoms with Gasteiger partial charge in [-0.2, -0.15) is 0 Å². The molecule has 0 spiro atoms. The maximum Gasteiger partial charge on any atom is 0.147 e. The molecule has 2 aromatic rings. The van der Waals surface area contributed by atoms with Gasteiger partial charge in [0.1, 0.15) is 17.5 Å². The van der Waals surface area contributed by atoms with Gasteiger partial charge >= 0.3 is 0 Å². The fourth-order valence-corrected chi connectivity index (χ4v) is 3.49. The Bertz CT molecular complexity index is 960. The van der Waals surface area contributed by atoms with Crippen molar-refractivity contribution in [3.8, 4) is 0 Å². The molecule has 3 rings (SSSR count). The molecule has 0 radical (unpaired) electrons. The lowest BCUT2D eigenvalue weighted by atomic mass is 9.96. The Kier molecular flexibility index (Phi) is 6.82. The SMILES string of the molecule is CN(C)CCCN=C1Cc2c(/C(Cc3ccc(F)c(Cl)c3)=N/O)ccc(F)c2N1. The largest absolute Gasteiger partial charge is 0.411 e. The smallest absolute Gasteiger partial charge is 0.147 e. The Hall–Kier alpha value is -2.51. The first-order valence-corrected chi connectivity index (χ1v) is 9.68. The first-order chi connectivity index (χ1) is 13.9. The Labute approximate surface area is 173 Å². The molecule has 1 aliphatic heterocycles. The normalized spacial score (nSPS) is 15.1. The summed E-state index contributed by atoms with van der Waals surface area (Å²) in [5.74, 6) is -0.212. The molecule has 0 aliphatic carbocycles. The molecule has 0 saturated heterocycles. The third-order valence-corrected chi connectivity index (χ3v) is 5.02. The average Bonchev–Trinajstić information content (AvgIpc) is 3.12. The highest BCUT2D eigenvalue weighted by Crippen LogP contribution is 2.31. The number of benzene rings is 2. The second-order valence-electron chi connectivity index (χ2n) is 7.21. The van der Waals surface area contributed by atoms with Crippen LogP contribution < -0.4 is 5.32 Å². The standard InChI is InChI=1S/C21H23ClF2N4O/c1-28(2)9-3-8-25-20-12-15-14(5-7-18(24)21(15)26-20)19(27-29)11-13-4-6-17(23)16(22)10-13/h4-7,10,29H,3,8-9,11-12H2,1-2H3,(H,25,26)/b27-19+. The summed E-state index contributed by atoms with van der Waals surface area (Å²) in [6, 6.07) is 7.25. The molecule has 8 heteroatoms. The number of oxime groups is 1. The molecule has 2 N–H and O–H groups in total. The topological polar surface area (TPSA) is 60.2 Å². The summed E-state index contributed by atoms with van der Waals surface area (Å²) in [4.78, 5) is 6.62. The first kappa shape index (κ1) is 21.2. The predicted octanol–water partition coefficient (Wildman–Crippen LogP) is 4.36. The quantitative estimate of drug-likeness (QED) is 0.303. The van der Waals surface area contributed by atoms with Gasteiger partial charge in [-0.1, -0.05) is 22.8 Å². The zero-order chi connectivity index (χ0) is 21.0. The van der Waals surface area contributed by atoms with Crippen LogP contribution in [0.4, 0.5) is 14.5 Å². The average molecular weight is 421 g/mol. The molecule has 0 atom stereocenters. The van der Waals surface area contributed by atoms with E-state index in [1.54, 1.807) is 12.1 Å². The van der Waals surface area contributed by atoms with E-state index in [1.807, 2.05) is 14.1 Å². The lowest BCUT2D eigenvalue weighted by Gasteiger charge is -2.10. The Morgan fingerprint density at radius 3 is 2.66 bits per heavy atom. The molecule has 0 aromatic heterocycles. The molecule has 5 nitrogen and oxygen atoms in total. The molecule has 0 fully saturated rings. The van der Waals surface area contributed by atoms with Crippen molar-refractivity contribution >= 4 is 28.8 Å². The summed E-state index contributed by atoms with van der Waals surface area (Å²) in [6.45, 7) is 1.56. The van der Waals surface area contributed by atoms with E-state index < -0.39 is 5.82 Å². The fourth-order valence-electron chi connectivity index (χ4n) is 3.29. The number of fused-ring (bicyclic) bond motifs is 1. The van der Waals surface area contributed by atoms with Gasteiger partial charge in [0.15, 0.2) is 0 Å². The number of nitrogens with zero attached hydrogens (tertiary/aromatic N) is 3. The maximum absolute atomic E-state index is 14.3. The number of halogens is 3. The number of nitrogens with one attached hydrogen (secondary N) is 1. The minimum atomic E-state index is -0.514. The third kappa shape index (κ3) is 5.10. The molecular weight excluding hydrogens is 398 g/mol. The summed E-state index contributed by atoms with van der Waals surface area (Å²) in [5.41, 5.74) is 2.70. The summed E-state index contributed by atoms with van der Waals surface area (Å²) < 4.78 is 27.7. The number of aliphatic imine (C=N–C) groups is 1. The van der Waals surface area contributed by atoms with Crippen molar-refractivity contribution in [2.24, 2.45) is 10.1 Å². The summed E-state index contributed by atoms with van der Waals surface area (Å²) in [5, 5.41) is 16.0. The van der Waals surface area contributed by atoms with E-state index in [0.29, 0.717) is 46.9 Å². The van der Waals surface area contributed by atoms with E-state index in [-0.39, 0.29) is 17.3 Å². The van der Waals surface area contributed by atoms with E-state index in [1.165, 1.54) is 18.2 Å². The van der Waals surface area contributed by atoms with Crippen molar-refractivity contribution in [2.75, 3.05) is 32.5 Å². The van der Waals surface area contributed by atoms with Crippen LogP contribution in [-0.4, -0.2) is 48.8 Å². The Balaban J connectivity index is 1.82. The monoisotopic (exact) mass is 420 g/mol. The highest BCUT2D eigenvalue weighted by atomic mass is 35.5.